The molecule has 1 aromatic rings. The Labute approximate surface area is 129 Å². The summed E-state index contributed by atoms with van der Waals surface area (Å²) in [5.41, 5.74) is 0.844. The molecule has 0 unspecified atom stereocenters. The molecule has 3 aliphatic rings. The van der Waals surface area contributed by atoms with Crippen LogP contribution in [-0.4, -0.2) is 40.3 Å². The number of anilines is 1. The van der Waals surface area contributed by atoms with Crippen LogP contribution in [0.2, 0.25) is 0 Å². The predicted octanol–water partition coefficient (Wildman–Crippen LogP) is 1.75. The zero-order chi connectivity index (χ0) is 15.1. The van der Waals surface area contributed by atoms with Crippen molar-refractivity contribution < 1.29 is 9.59 Å². The molecule has 2 saturated heterocycles. The molecule has 4 rings (SSSR count). The van der Waals surface area contributed by atoms with E-state index in [4.69, 9.17) is 0 Å². The minimum Gasteiger partial charge on any atom is -0.337 e. The summed E-state index contributed by atoms with van der Waals surface area (Å²) < 4.78 is 0. The highest BCUT2D eigenvalue weighted by atomic mass is 16.2. The standard InChI is InChI=1S/C17H19N3O2/c21-16-10-15-14(20(16)13-6-3-8-18-11-13)7-9-19(15)17(22)12-4-1-2-5-12/h1-3,6,8,11-12,14-15H,4-5,7,9-10H2/t14-,15+/m1/s1. The van der Waals surface area contributed by atoms with Gasteiger partial charge in [-0.2, -0.15) is 0 Å². The SMILES string of the molecule is O=C(C1CC=CC1)N1CC[C@@H]2[C@@H]1CC(=O)N2c1cccnc1. The van der Waals surface area contributed by atoms with Gasteiger partial charge in [-0.15, -0.1) is 0 Å². The van der Waals surface area contributed by atoms with Gasteiger partial charge in [0, 0.05) is 25.1 Å². The minimum atomic E-state index is 0.0285. The lowest BCUT2D eigenvalue weighted by Gasteiger charge is -2.27. The van der Waals surface area contributed by atoms with Gasteiger partial charge in [-0.05, 0) is 31.4 Å². The molecule has 1 aliphatic carbocycles. The third kappa shape index (κ3) is 2.03. The van der Waals surface area contributed by atoms with Crippen molar-refractivity contribution in [3.05, 3.63) is 36.7 Å². The monoisotopic (exact) mass is 297 g/mol. The van der Waals surface area contributed by atoms with Crippen LogP contribution in [-0.2, 0) is 9.59 Å². The molecule has 0 radical (unpaired) electrons. The maximum atomic E-state index is 12.7. The highest BCUT2D eigenvalue weighted by Gasteiger charge is 2.49. The second-order valence-electron chi connectivity index (χ2n) is 6.27. The van der Waals surface area contributed by atoms with Gasteiger partial charge in [-0.1, -0.05) is 12.2 Å². The molecule has 3 heterocycles. The van der Waals surface area contributed by atoms with Gasteiger partial charge in [0.25, 0.3) is 0 Å². The fourth-order valence-corrected chi connectivity index (χ4v) is 4.01. The summed E-state index contributed by atoms with van der Waals surface area (Å²) in [6, 6.07) is 3.90. The van der Waals surface area contributed by atoms with E-state index in [1.54, 1.807) is 12.4 Å². The summed E-state index contributed by atoms with van der Waals surface area (Å²) in [7, 11) is 0. The first-order valence-corrected chi connectivity index (χ1v) is 7.93. The predicted molar refractivity (Wildman–Crippen MR) is 82.1 cm³/mol. The Kier molecular flexibility index (Phi) is 3.21. The van der Waals surface area contributed by atoms with Crippen LogP contribution in [0.3, 0.4) is 0 Å². The number of hydrogen-bond donors (Lipinski definition) is 0. The molecular weight excluding hydrogens is 278 g/mol. The van der Waals surface area contributed by atoms with Gasteiger partial charge in [0.1, 0.15) is 0 Å². The number of carbonyl (C=O) groups excluding carboxylic acids is 2. The fourth-order valence-electron chi connectivity index (χ4n) is 4.01. The molecule has 5 nitrogen and oxygen atoms in total. The Balaban J connectivity index is 1.55. The number of aromatic nitrogens is 1. The number of rotatable bonds is 2. The molecule has 114 valence electrons. The normalized spacial score (nSPS) is 27.7. The highest BCUT2D eigenvalue weighted by molar-refractivity contribution is 5.98. The van der Waals surface area contributed by atoms with E-state index in [2.05, 4.69) is 17.1 Å². The van der Waals surface area contributed by atoms with E-state index in [0.717, 1.165) is 31.5 Å². The number of amides is 2. The van der Waals surface area contributed by atoms with E-state index in [1.165, 1.54) is 0 Å². The van der Waals surface area contributed by atoms with Crippen molar-refractivity contribution in [2.75, 3.05) is 11.4 Å². The van der Waals surface area contributed by atoms with Gasteiger partial charge in [0.05, 0.1) is 24.0 Å². The van der Waals surface area contributed by atoms with Crippen molar-refractivity contribution in [2.45, 2.75) is 37.8 Å². The molecule has 0 N–H and O–H groups in total. The van der Waals surface area contributed by atoms with Gasteiger partial charge < -0.3 is 9.80 Å². The lowest BCUT2D eigenvalue weighted by Crippen LogP contribution is -2.42. The summed E-state index contributed by atoms with van der Waals surface area (Å²) in [6.07, 6.45) is 10.6. The fraction of sp³-hybridized carbons (Fsp3) is 0.471. The molecular formula is C17H19N3O2. The third-order valence-electron chi connectivity index (χ3n) is 5.06. The number of likely N-dealkylation sites (tertiary alicyclic amines) is 1. The van der Waals surface area contributed by atoms with Gasteiger partial charge >= 0.3 is 0 Å². The molecule has 2 fully saturated rings. The molecule has 0 aromatic carbocycles. The summed E-state index contributed by atoms with van der Waals surface area (Å²) in [4.78, 5) is 33.0. The summed E-state index contributed by atoms with van der Waals surface area (Å²) in [6.45, 7) is 0.759. The van der Waals surface area contributed by atoms with Crippen molar-refractivity contribution >= 4 is 17.5 Å². The van der Waals surface area contributed by atoms with Gasteiger partial charge in [-0.3, -0.25) is 14.6 Å². The van der Waals surface area contributed by atoms with E-state index in [0.29, 0.717) is 6.42 Å². The smallest absolute Gasteiger partial charge is 0.229 e. The van der Waals surface area contributed by atoms with E-state index in [9.17, 15) is 9.59 Å². The number of allylic oxidation sites excluding steroid dienone is 2. The van der Waals surface area contributed by atoms with E-state index in [-0.39, 0.29) is 29.8 Å². The highest BCUT2D eigenvalue weighted by Crippen LogP contribution is 2.37. The maximum absolute atomic E-state index is 12.7. The van der Waals surface area contributed by atoms with E-state index in [1.807, 2.05) is 21.9 Å². The molecule has 2 amide bonds. The molecule has 0 bridgehead atoms. The van der Waals surface area contributed by atoms with Crippen LogP contribution in [0.5, 0.6) is 0 Å². The van der Waals surface area contributed by atoms with E-state index >= 15 is 0 Å². The van der Waals surface area contributed by atoms with Crippen LogP contribution in [0.1, 0.15) is 25.7 Å². The zero-order valence-electron chi connectivity index (χ0n) is 12.4. The number of carbonyl (C=O) groups is 2. The van der Waals surface area contributed by atoms with Crippen LogP contribution in [0.25, 0.3) is 0 Å². The van der Waals surface area contributed by atoms with Crippen molar-refractivity contribution in [3.63, 3.8) is 0 Å². The van der Waals surface area contributed by atoms with E-state index < -0.39 is 0 Å². The topological polar surface area (TPSA) is 53.5 Å². The molecule has 2 atom stereocenters. The zero-order valence-corrected chi connectivity index (χ0v) is 12.4. The van der Waals surface area contributed by atoms with Crippen molar-refractivity contribution in [1.82, 2.24) is 9.88 Å². The second-order valence-corrected chi connectivity index (χ2v) is 6.27. The first-order chi connectivity index (χ1) is 10.8. The van der Waals surface area contributed by atoms with Gasteiger partial charge in [-0.25, -0.2) is 0 Å². The summed E-state index contributed by atoms with van der Waals surface area (Å²) >= 11 is 0. The van der Waals surface area contributed by atoms with Crippen molar-refractivity contribution in [3.8, 4) is 0 Å². The van der Waals surface area contributed by atoms with Crippen LogP contribution < -0.4 is 4.90 Å². The lowest BCUT2D eigenvalue weighted by atomic mass is 10.0. The largest absolute Gasteiger partial charge is 0.337 e. The van der Waals surface area contributed by atoms with Gasteiger partial charge in [0.15, 0.2) is 0 Å². The number of hydrogen-bond acceptors (Lipinski definition) is 3. The van der Waals surface area contributed by atoms with Crippen molar-refractivity contribution in [2.24, 2.45) is 5.92 Å². The second kappa shape index (κ2) is 5.23. The molecule has 2 aliphatic heterocycles. The van der Waals surface area contributed by atoms with Crippen LogP contribution in [0.4, 0.5) is 5.69 Å². The van der Waals surface area contributed by atoms with Crippen LogP contribution in [0.15, 0.2) is 36.7 Å². The number of fused-ring (bicyclic) bond motifs is 1. The molecule has 1 aromatic heterocycles. The molecule has 0 spiro atoms. The first-order valence-electron chi connectivity index (χ1n) is 7.93. The molecule has 22 heavy (non-hydrogen) atoms. The minimum absolute atomic E-state index is 0.0285. The quantitative estimate of drug-likeness (QED) is 0.782. The Hall–Kier alpha value is -2.17. The third-order valence-corrected chi connectivity index (χ3v) is 5.06. The number of pyridine rings is 1. The summed E-state index contributed by atoms with van der Waals surface area (Å²) in [5.74, 6) is 0.407. The first kappa shape index (κ1) is 13.5. The van der Waals surface area contributed by atoms with Crippen LogP contribution >= 0.6 is 0 Å². The maximum Gasteiger partial charge on any atom is 0.229 e. The average molecular weight is 297 g/mol. The summed E-state index contributed by atoms with van der Waals surface area (Å²) in [5, 5.41) is 0. The number of nitrogens with zero attached hydrogens (tertiary/aromatic N) is 3. The molecule has 5 heteroatoms. The molecule has 0 saturated carbocycles. The Morgan fingerprint density at radius 1 is 1.23 bits per heavy atom. The lowest BCUT2D eigenvalue weighted by molar-refractivity contribution is -0.136. The van der Waals surface area contributed by atoms with Crippen molar-refractivity contribution in [1.29, 1.82) is 0 Å². The Bertz CT molecular complexity index is 620. The van der Waals surface area contributed by atoms with Gasteiger partial charge in [0.2, 0.25) is 11.8 Å². The average Bonchev–Trinajstić information content (AvgIpc) is 3.23. The van der Waals surface area contributed by atoms with Crippen LogP contribution in [0, 0.1) is 5.92 Å². The Morgan fingerprint density at radius 3 is 2.77 bits per heavy atom. The Morgan fingerprint density at radius 2 is 2.05 bits per heavy atom.